The Hall–Kier alpha value is -0.470. The molecule has 0 radical (unpaired) electrons. The summed E-state index contributed by atoms with van der Waals surface area (Å²) in [6.07, 6.45) is 0. The molecular weight excluding hydrogens is 202 g/mol. The van der Waals surface area contributed by atoms with Crippen LogP contribution in [-0.2, 0) is 0 Å². The average molecular weight is 223 g/mol. The number of aryl methyl sites for hydroxylation is 1. The fourth-order valence-electron chi connectivity index (χ4n) is 1.55. The minimum Gasteiger partial charge on any atom is -0.310 e. The van der Waals surface area contributed by atoms with Crippen molar-refractivity contribution in [3.63, 3.8) is 0 Å². The van der Waals surface area contributed by atoms with Crippen molar-refractivity contribution in [1.29, 1.82) is 0 Å². The first kappa shape index (κ1) is 12.6. The zero-order valence-corrected chi connectivity index (χ0v) is 10.7. The largest absolute Gasteiger partial charge is 0.310 e. The van der Waals surface area contributed by atoms with Gasteiger partial charge in [0.2, 0.25) is 0 Å². The molecular formula is C13H21NS. The fourth-order valence-corrected chi connectivity index (χ4v) is 2.34. The molecule has 0 heterocycles. The van der Waals surface area contributed by atoms with Gasteiger partial charge in [-0.1, -0.05) is 43.7 Å². The first-order chi connectivity index (χ1) is 7.27. The monoisotopic (exact) mass is 223 g/mol. The zero-order valence-electron chi connectivity index (χ0n) is 9.92. The van der Waals surface area contributed by atoms with Crippen molar-refractivity contribution in [2.45, 2.75) is 26.8 Å². The van der Waals surface area contributed by atoms with E-state index in [9.17, 15) is 0 Å². The Labute approximate surface area is 97.7 Å². The van der Waals surface area contributed by atoms with E-state index in [1.807, 2.05) is 11.8 Å². The summed E-state index contributed by atoms with van der Waals surface area (Å²) in [7, 11) is 0. The van der Waals surface area contributed by atoms with Crippen LogP contribution in [0.3, 0.4) is 0 Å². The zero-order chi connectivity index (χ0) is 11.1. The summed E-state index contributed by atoms with van der Waals surface area (Å²) in [5.74, 6) is 2.35. The van der Waals surface area contributed by atoms with Gasteiger partial charge in [-0.15, -0.1) is 0 Å². The van der Waals surface area contributed by atoms with Crippen molar-refractivity contribution >= 4 is 11.8 Å². The van der Waals surface area contributed by atoms with E-state index in [-0.39, 0.29) is 0 Å². The normalized spacial score (nSPS) is 12.7. The van der Waals surface area contributed by atoms with Crippen LogP contribution in [0.5, 0.6) is 0 Å². The lowest BCUT2D eigenvalue weighted by molar-refractivity contribution is 0.606. The van der Waals surface area contributed by atoms with E-state index in [1.165, 1.54) is 16.9 Å². The quantitative estimate of drug-likeness (QED) is 0.793. The molecule has 1 rings (SSSR count). The summed E-state index contributed by atoms with van der Waals surface area (Å²) in [5.41, 5.74) is 2.74. The Morgan fingerprint density at radius 1 is 1.20 bits per heavy atom. The van der Waals surface area contributed by atoms with E-state index in [4.69, 9.17) is 0 Å². The van der Waals surface area contributed by atoms with Crippen molar-refractivity contribution in [2.24, 2.45) is 0 Å². The van der Waals surface area contributed by atoms with Gasteiger partial charge in [0.15, 0.2) is 0 Å². The molecule has 0 aliphatic heterocycles. The van der Waals surface area contributed by atoms with Crippen LogP contribution in [0, 0.1) is 6.92 Å². The third kappa shape index (κ3) is 4.27. The van der Waals surface area contributed by atoms with Gasteiger partial charge in [0.05, 0.1) is 0 Å². The number of rotatable bonds is 6. The highest BCUT2D eigenvalue weighted by molar-refractivity contribution is 7.99. The first-order valence-electron chi connectivity index (χ1n) is 5.65. The summed E-state index contributed by atoms with van der Waals surface area (Å²) >= 11 is 1.99. The maximum atomic E-state index is 3.53. The van der Waals surface area contributed by atoms with Gasteiger partial charge in [-0.05, 0) is 24.8 Å². The summed E-state index contributed by atoms with van der Waals surface area (Å²) in [4.78, 5) is 0. The number of nitrogens with one attached hydrogen (secondary N) is 1. The number of benzene rings is 1. The predicted octanol–water partition coefficient (Wildman–Crippen LogP) is 3.40. The molecule has 0 saturated carbocycles. The first-order valence-corrected chi connectivity index (χ1v) is 6.81. The van der Waals surface area contributed by atoms with Gasteiger partial charge < -0.3 is 5.32 Å². The van der Waals surface area contributed by atoms with Crippen LogP contribution in [0.2, 0.25) is 0 Å². The van der Waals surface area contributed by atoms with Crippen LogP contribution in [0.1, 0.15) is 31.0 Å². The number of hydrogen-bond donors (Lipinski definition) is 1. The van der Waals surface area contributed by atoms with Gasteiger partial charge in [-0.3, -0.25) is 0 Å². The van der Waals surface area contributed by atoms with E-state index in [0.717, 1.165) is 12.3 Å². The lowest BCUT2D eigenvalue weighted by Crippen LogP contribution is -2.23. The van der Waals surface area contributed by atoms with Crippen LogP contribution in [0.25, 0.3) is 0 Å². The summed E-state index contributed by atoms with van der Waals surface area (Å²) in [6, 6.07) is 9.35. The highest BCUT2D eigenvalue weighted by Crippen LogP contribution is 2.18. The number of thioether (sulfide) groups is 1. The summed E-state index contributed by atoms with van der Waals surface area (Å²) < 4.78 is 0. The van der Waals surface area contributed by atoms with Gasteiger partial charge in [-0.2, -0.15) is 11.8 Å². The minimum absolute atomic E-state index is 0.501. The Balaban J connectivity index is 2.65. The molecule has 1 aromatic carbocycles. The van der Waals surface area contributed by atoms with E-state index in [1.54, 1.807) is 0 Å². The molecule has 1 atom stereocenters. The van der Waals surface area contributed by atoms with E-state index >= 15 is 0 Å². The number of hydrogen-bond acceptors (Lipinski definition) is 2. The van der Waals surface area contributed by atoms with Crippen molar-refractivity contribution < 1.29 is 0 Å². The van der Waals surface area contributed by atoms with Crippen LogP contribution in [0.4, 0.5) is 0 Å². The molecule has 84 valence electrons. The molecule has 0 aromatic heterocycles. The highest BCUT2D eigenvalue weighted by Gasteiger charge is 2.08. The van der Waals surface area contributed by atoms with E-state index in [2.05, 4.69) is 50.4 Å². The van der Waals surface area contributed by atoms with E-state index < -0.39 is 0 Å². The third-order valence-electron chi connectivity index (χ3n) is 2.42. The fraction of sp³-hybridized carbons (Fsp3) is 0.538. The van der Waals surface area contributed by atoms with Gasteiger partial charge >= 0.3 is 0 Å². The van der Waals surface area contributed by atoms with Crippen molar-refractivity contribution in [3.05, 3.63) is 35.4 Å². The summed E-state index contributed by atoms with van der Waals surface area (Å²) in [6.45, 7) is 7.54. The third-order valence-corrected chi connectivity index (χ3v) is 3.40. The standard InChI is InChI=1S/C13H21NS/c1-4-14-13(10-15-5-2)12-8-6-11(3)7-9-12/h6-9,13-14H,4-5,10H2,1-3H3. The molecule has 0 spiro atoms. The Morgan fingerprint density at radius 3 is 2.40 bits per heavy atom. The SMILES string of the molecule is CCNC(CSCC)c1ccc(C)cc1. The second-order valence-electron chi connectivity index (χ2n) is 3.68. The molecule has 0 bridgehead atoms. The van der Waals surface area contributed by atoms with Crippen molar-refractivity contribution in [2.75, 3.05) is 18.1 Å². The van der Waals surface area contributed by atoms with Crippen LogP contribution in [-0.4, -0.2) is 18.1 Å². The predicted molar refractivity (Wildman–Crippen MR) is 70.6 cm³/mol. The van der Waals surface area contributed by atoms with Crippen molar-refractivity contribution in [1.82, 2.24) is 5.32 Å². The molecule has 0 amide bonds. The average Bonchev–Trinajstić information content (AvgIpc) is 2.25. The molecule has 1 aromatic rings. The molecule has 0 aliphatic carbocycles. The lowest BCUT2D eigenvalue weighted by atomic mass is 10.1. The topological polar surface area (TPSA) is 12.0 Å². The molecule has 0 saturated heterocycles. The molecule has 1 unspecified atom stereocenters. The van der Waals surface area contributed by atoms with Crippen LogP contribution >= 0.6 is 11.8 Å². The van der Waals surface area contributed by atoms with Gasteiger partial charge in [0.25, 0.3) is 0 Å². The van der Waals surface area contributed by atoms with Gasteiger partial charge in [0.1, 0.15) is 0 Å². The van der Waals surface area contributed by atoms with Gasteiger partial charge in [-0.25, -0.2) is 0 Å². The van der Waals surface area contributed by atoms with Crippen LogP contribution in [0.15, 0.2) is 24.3 Å². The van der Waals surface area contributed by atoms with Gasteiger partial charge in [0, 0.05) is 11.8 Å². The highest BCUT2D eigenvalue weighted by atomic mass is 32.2. The summed E-state index contributed by atoms with van der Waals surface area (Å²) in [5, 5.41) is 3.53. The lowest BCUT2D eigenvalue weighted by Gasteiger charge is -2.17. The minimum atomic E-state index is 0.501. The maximum absolute atomic E-state index is 3.53. The Kier molecular flexibility index (Phi) is 5.81. The van der Waals surface area contributed by atoms with Crippen molar-refractivity contribution in [3.8, 4) is 0 Å². The molecule has 0 fully saturated rings. The second-order valence-corrected chi connectivity index (χ2v) is 5.00. The molecule has 1 N–H and O–H groups in total. The molecule has 0 aliphatic rings. The van der Waals surface area contributed by atoms with Crippen LogP contribution < -0.4 is 5.32 Å². The maximum Gasteiger partial charge on any atom is 0.0411 e. The Bertz CT molecular complexity index is 268. The Morgan fingerprint density at radius 2 is 1.87 bits per heavy atom. The molecule has 15 heavy (non-hydrogen) atoms. The molecule has 1 nitrogen and oxygen atoms in total. The molecule has 2 heteroatoms. The smallest absolute Gasteiger partial charge is 0.0411 e. The second kappa shape index (κ2) is 6.91. The van der Waals surface area contributed by atoms with E-state index in [0.29, 0.717) is 6.04 Å².